The first kappa shape index (κ1) is 18.8. The molecule has 3 rings (SSSR count). The van der Waals surface area contributed by atoms with Crippen LogP contribution in [0.2, 0.25) is 10.0 Å². The molecule has 2 N–H and O–H groups in total. The third-order valence-electron chi connectivity index (χ3n) is 4.26. The van der Waals surface area contributed by atoms with E-state index in [4.69, 9.17) is 33.2 Å². The first-order valence-electron chi connectivity index (χ1n) is 7.98. The molecular formula is C16H17Cl2N5O2S. The maximum absolute atomic E-state index is 12.4. The first-order valence-corrected chi connectivity index (χ1v) is 9.56. The van der Waals surface area contributed by atoms with Gasteiger partial charge in [0.25, 0.3) is 5.91 Å². The number of thiazole rings is 1. The SMILES string of the molecule is COc1nc(N2CCC(NC(=O)c3[nH]c(C)c(Cl)c3Cl)CC2)sc1C#N. The molecule has 0 spiro atoms. The fraction of sp³-hybridized carbons (Fsp3) is 0.438. The van der Waals surface area contributed by atoms with Crippen LogP contribution in [0.1, 0.15) is 33.9 Å². The second-order valence-corrected chi connectivity index (χ2v) is 7.67. The normalized spacial score (nSPS) is 15.0. The number of hydrogen-bond acceptors (Lipinski definition) is 6. The molecule has 0 atom stereocenters. The van der Waals surface area contributed by atoms with Crippen LogP contribution >= 0.6 is 34.5 Å². The summed E-state index contributed by atoms with van der Waals surface area (Å²) in [6.07, 6.45) is 1.53. The van der Waals surface area contributed by atoms with Crippen LogP contribution in [-0.4, -0.2) is 42.1 Å². The molecule has 26 heavy (non-hydrogen) atoms. The first-order chi connectivity index (χ1) is 12.4. The number of hydrogen-bond donors (Lipinski definition) is 2. The smallest absolute Gasteiger partial charge is 0.269 e. The molecule has 138 valence electrons. The monoisotopic (exact) mass is 413 g/mol. The standard InChI is InChI=1S/C16H17Cl2N5O2S/c1-8-11(17)12(18)13(20-8)14(24)21-9-3-5-23(6-4-9)16-22-15(25-2)10(7-19)26-16/h9,20H,3-6H2,1-2H3,(H,21,24). The van der Waals surface area contributed by atoms with E-state index in [1.165, 1.54) is 18.4 Å². The molecule has 1 amide bonds. The van der Waals surface area contributed by atoms with Crippen molar-refractivity contribution >= 4 is 45.6 Å². The third kappa shape index (κ3) is 3.61. The highest BCUT2D eigenvalue weighted by atomic mass is 35.5. The number of nitrogens with one attached hydrogen (secondary N) is 2. The molecule has 1 saturated heterocycles. The fourth-order valence-electron chi connectivity index (χ4n) is 2.84. The van der Waals surface area contributed by atoms with Crippen molar-refractivity contribution in [2.24, 2.45) is 0 Å². The molecule has 0 unspecified atom stereocenters. The van der Waals surface area contributed by atoms with Gasteiger partial charge < -0.3 is 19.9 Å². The predicted octanol–water partition coefficient (Wildman–Crippen LogP) is 3.37. The number of aryl methyl sites for hydroxylation is 1. The maximum Gasteiger partial charge on any atom is 0.269 e. The number of nitrogens with zero attached hydrogens (tertiary/aromatic N) is 3. The lowest BCUT2D eigenvalue weighted by Crippen LogP contribution is -2.44. The van der Waals surface area contributed by atoms with Gasteiger partial charge in [-0.05, 0) is 19.8 Å². The summed E-state index contributed by atoms with van der Waals surface area (Å²) in [5.41, 5.74) is 0.961. The van der Waals surface area contributed by atoms with E-state index in [2.05, 4.69) is 26.3 Å². The summed E-state index contributed by atoms with van der Waals surface area (Å²) in [7, 11) is 1.50. The number of halogens is 2. The number of anilines is 1. The zero-order valence-corrected chi connectivity index (χ0v) is 16.6. The van der Waals surface area contributed by atoms with Crippen LogP contribution in [-0.2, 0) is 0 Å². The van der Waals surface area contributed by atoms with Crippen LogP contribution in [0.4, 0.5) is 5.13 Å². The highest BCUT2D eigenvalue weighted by molar-refractivity contribution is 7.16. The number of rotatable bonds is 4. The van der Waals surface area contributed by atoms with Crippen LogP contribution in [0.5, 0.6) is 5.88 Å². The van der Waals surface area contributed by atoms with Crippen molar-refractivity contribution in [3.63, 3.8) is 0 Å². The number of carbonyl (C=O) groups excluding carboxylic acids is 1. The Morgan fingerprint density at radius 2 is 2.12 bits per heavy atom. The van der Waals surface area contributed by atoms with Gasteiger partial charge in [0.1, 0.15) is 11.8 Å². The van der Waals surface area contributed by atoms with Crippen molar-refractivity contribution < 1.29 is 9.53 Å². The molecule has 2 aromatic heterocycles. The van der Waals surface area contributed by atoms with Gasteiger partial charge in [-0.25, -0.2) is 0 Å². The summed E-state index contributed by atoms with van der Waals surface area (Å²) in [6.45, 7) is 3.22. The number of amides is 1. The predicted molar refractivity (Wildman–Crippen MR) is 102 cm³/mol. The Kier molecular flexibility index (Phi) is 5.61. The largest absolute Gasteiger partial charge is 0.479 e. The van der Waals surface area contributed by atoms with Crippen molar-refractivity contribution in [3.05, 3.63) is 26.3 Å². The number of piperidine rings is 1. The molecule has 0 bridgehead atoms. The van der Waals surface area contributed by atoms with Gasteiger partial charge in [-0.2, -0.15) is 10.2 Å². The molecule has 3 heterocycles. The van der Waals surface area contributed by atoms with Gasteiger partial charge in [-0.15, -0.1) is 0 Å². The highest BCUT2D eigenvalue weighted by Gasteiger charge is 2.26. The topological polar surface area (TPSA) is 94.0 Å². The molecule has 7 nitrogen and oxygen atoms in total. The van der Waals surface area contributed by atoms with Gasteiger partial charge in [0, 0.05) is 24.8 Å². The quantitative estimate of drug-likeness (QED) is 0.800. The van der Waals surface area contributed by atoms with E-state index in [9.17, 15) is 4.79 Å². The van der Waals surface area contributed by atoms with E-state index in [0.717, 1.165) is 31.1 Å². The van der Waals surface area contributed by atoms with E-state index in [1.807, 2.05) is 0 Å². The van der Waals surface area contributed by atoms with Crippen LogP contribution in [0.25, 0.3) is 0 Å². The molecular weight excluding hydrogens is 397 g/mol. The zero-order chi connectivity index (χ0) is 18.8. The third-order valence-corrected chi connectivity index (χ3v) is 6.21. The maximum atomic E-state index is 12.4. The molecule has 1 fully saturated rings. The average Bonchev–Trinajstić information content (AvgIpc) is 3.18. The average molecular weight is 414 g/mol. The lowest BCUT2D eigenvalue weighted by Gasteiger charge is -2.32. The van der Waals surface area contributed by atoms with Crippen LogP contribution in [0.3, 0.4) is 0 Å². The van der Waals surface area contributed by atoms with Gasteiger partial charge in [-0.3, -0.25) is 4.79 Å². The minimum atomic E-state index is -0.258. The summed E-state index contributed by atoms with van der Waals surface area (Å²) >= 11 is 13.4. The molecule has 1 aliphatic heterocycles. The number of H-pyrrole nitrogens is 1. The molecule has 0 radical (unpaired) electrons. The summed E-state index contributed by atoms with van der Waals surface area (Å²) < 4.78 is 5.12. The number of aromatic nitrogens is 2. The summed E-state index contributed by atoms with van der Waals surface area (Å²) in [5, 5.41) is 13.5. The van der Waals surface area contributed by atoms with E-state index >= 15 is 0 Å². The van der Waals surface area contributed by atoms with Crippen molar-refractivity contribution in [2.75, 3.05) is 25.1 Å². The Bertz CT molecular complexity index is 865. The van der Waals surface area contributed by atoms with Gasteiger partial charge in [-0.1, -0.05) is 34.5 Å². The summed E-state index contributed by atoms with van der Waals surface area (Å²) in [6, 6.07) is 2.13. The molecule has 1 aliphatic rings. The summed E-state index contributed by atoms with van der Waals surface area (Å²) in [5.74, 6) is 0.0997. The lowest BCUT2D eigenvalue weighted by molar-refractivity contribution is 0.0926. The molecule has 2 aromatic rings. The number of ether oxygens (including phenoxy) is 1. The zero-order valence-electron chi connectivity index (χ0n) is 14.2. The minimum absolute atomic E-state index is 0.0366. The van der Waals surface area contributed by atoms with E-state index < -0.39 is 0 Å². The fourth-order valence-corrected chi connectivity index (χ4v) is 4.14. The molecule has 0 aromatic carbocycles. The van der Waals surface area contributed by atoms with Gasteiger partial charge in [0.2, 0.25) is 5.88 Å². The highest BCUT2D eigenvalue weighted by Crippen LogP contribution is 2.32. The lowest BCUT2D eigenvalue weighted by atomic mass is 10.1. The Balaban J connectivity index is 1.60. The number of carbonyl (C=O) groups is 1. The second kappa shape index (κ2) is 7.74. The van der Waals surface area contributed by atoms with Crippen LogP contribution < -0.4 is 15.0 Å². The van der Waals surface area contributed by atoms with E-state index in [0.29, 0.717) is 27.2 Å². The number of nitriles is 1. The second-order valence-electron chi connectivity index (χ2n) is 5.93. The Labute approximate surface area is 164 Å². The van der Waals surface area contributed by atoms with Crippen LogP contribution in [0, 0.1) is 18.3 Å². The number of methoxy groups -OCH3 is 1. The van der Waals surface area contributed by atoms with Gasteiger partial charge >= 0.3 is 0 Å². The van der Waals surface area contributed by atoms with E-state index in [1.54, 1.807) is 6.92 Å². The summed E-state index contributed by atoms with van der Waals surface area (Å²) in [4.78, 5) is 22.3. The Morgan fingerprint density at radius 1 is 1.42 bits per heavy atom. The van der Waals surface area contributed by atoms with Crippen molar-refractivity contribution in [3.8, 4) is 11.9 Å². The Hall–Kier alpha value is -1.95. The minimum Gasteiger partial charge on any atom is -0.479 e. The van der Waals surface area contributed by atoms with Crippen molar-refractivity contribution in [1.29, 1.82) is 5.26 Å². The number of aromatic amines is 1. The molecule has 10 heteroatoms. The van der Waals surface area contributed by atoms with Crippen molar-refractivity contribution in [1.82, 2.24) is 15.3 Å². The van der Waals surface area contributed by atoms with E-state index in [-0.39, 0.29) is 17.0 Å². The van der Waals surface area contributed by atoms with Crippen molar-refractivity contribution in [2.45, 2.75) is 25.8 Å². The van der Waals surface area contributed by atoms with Gasteiger partial charge in [0.15, 0.2) is 10.0 Å². The van der Waals surface area contributed by atoms with Crippen LogP contribution in [0.15, 0.2) is 0 Å². The molecule has 0 saturated carbocycles. The molecule has 0 aliphatic carbocycles. The van der Waals surface area contributed by atoms with Gasteiger partial charge in [0.05, 0.1) is 17.2 Å². The Morgan fingerprint density at radius 3 is 2.62 bits per heavy atom.